The molecule has 0 radical (unpaired) electrons. The summed E-state index contributed by atoms with van der Waals surface area (Å²) >= 11 is 1.84. The number of rotatable bonds is 6. The molecule has 0 spiro atoms. The lowest BCUT2D eigenvalue weighted by molar-refractivity contribution is 0.620. The molecular formula is C43H28N2OS. The van der Waals surface area contributed by atoms with Gasteiger partial charge in [-0.3, -0.25) is 0 Å². The standard InChI is InChI=1S/C43H28N2OS/c1-3-10-29(11-4-1)30-18-22-33(23-19-30)45(35-26-27-38-37-14-7-8-17-40(37)47-41(38)28-35)34-24-20-31(21-25-34)36-15-9-16-39-42(36)44-43(46-39)32-12-5-2-6-13-32/h1-28H. The Morgan fingerprint density at radius 3 is 1.79 bits per heavy atom. The van der Waals surface area contributed by atoms with Crippen molar-refractivity contribution >= 4 is 59.7 Å². The molecule has 0 saturated carbocycles. The second kappa shape index (κ2) is 11.4. The number of para-hydroxylation sites is 1. The van der Waals surface area contributed by atoms with E-state index in [1.165, 1.54) is 31.3 Å². The van der Waals surface area contributed by atoms with E-state index in [-0.39, 0.29) is 0 Å². The second-order valence-corrected chi connectivity index (χ2v) is 12.7. The largest absolute Gasteiger partial charge is 0.436 e. The van der Waals surface area contributed by atoms with Gasteiger partial charge >= 0.3 is 0 Å². The van der Waals surface area contributed by atoms with Crippen LogP contribution in [0.15, 0.2) is 174 Å². The third-order valence-electron chi connectivity index (χ3n) is 8.73. The highest BCUT2D eigenvalue weighted by Gasteiger charge is 2.17. The van der Waals surface area contributed by atoms with Crippen LogP contribution in [0.25, 0.3) is 65.0 Å². The molecule has 9 aromatic rings. The molecule has 2 heterocycles. The number of anilines is 3. The van der Waals surface area contributed by atoms with Crippen LogP contribution in [0, 0.1) is 0 Å². The zero-order valence-corrected chi connectivity index (χ0v) is 26.2. The van der Waals surface area contributed by atoms with Crippen molar-refractivity contribution in [3.05, 3.63) is 170 Å². The summed E-state index contributed by atoms with van der Waals surface area (Å²) in [5.41, 5.74) is 10.5. The second-order valence-electron chi connectivity index (χ2n) is 11.6. The minimum atomic E-state index is 0.631. The maximum absolute atomic E-state index is 6.17. The molecule has 0 bridgehead atoms. The minimum absolute atomic E-state index is 0.631. The number of hydrogen-bond acceptors (Lipinski definition) is 4. The maximum Gasteiger partial charge on any atom is 0.227 e. The van der Waals surface area contributed by atoms with Crippen LogP contribution in [-0.2, 0) is 0 Å². The average molecular weight is 621 g/mol. The Morgan fingerprint density at radius 1 is 0.447 bits per heavy atom. The molecule has 0 unspecified atom stereocenters. The molecule has 0 aliphatic rings. The first-order valence-electron chi connectivity index (χ1n) is 15.7. The highest BCUT2D eigenvalue weighted by atomic mass is 32.1. The van der Waals surface area contributed by atoms with Crippen molar-refractivity contribution < 1.29 is 4.42 Å². The summed E-state index contributed by atoms with van der Waals surface area (Å²) < 4.78 is 8.76. The summed E-state index contributed by atoms with van der Waals surface area (Å²) in [7, 11) is 0. The van der Waals surface area contributed by atoms with E-state index in [9.17, 15) is 0 Å². The maximum atomic E-state index is 6.17. The lowest BCUT2D eigenvalue weighted by Crippen LogP contribution is -2.09. The van der Waals surface area contributed by atoms with Gasteiger partial charge in [0.2, 0.25) is 5.89 Å². The van der Waals surface area contributed by atoms with E-state index in [1.807, 2.05) is 53.8 Å². The Kier molecular flexibility index (Phi) is 6.65. The van der Waals surface area contributed by atoms with Crippen molar-refractivity contribution in [3.63, 3.8) is 0 Å². The smallest absolute Gasteiger partial charge is 0.227 e. The van der Waals surface area contributed by atoms with Crippen molar-refractivity contribution in [3.8, 4) is 33.7 Å². The number of hydrogen-bond donors (Lipinski definition) is 0. The fourth-order valence-electron chi connectivity index (χ4n) is 6.41. The van der Waals surface area contributed by atoms with Gasteiger partial charge in [-0.2, -0.15) is 0 Å². The number of nitrogens with zero attached hydrogens (tertiary/aromatic N) is 2. The van der Waals surface area contributed by atoms with Gasteiger partial charge in [0.1, 0.15) is 5.52 Å². The third kappa shape index (κ3) is 4.96. The fourth-order valence-corrected chi connectivity index (χ4v) is 7.55. The number of fused-ring (bicyclic) bond motifs is 4. The highest BCUT2D eigenvalue weighted by Crippen LogP contribution is 2.42. The van der Waals surface area contributed by atoms with E-state index in [2.05, 4.69) is 132 Å². The predicted molar refractivity (Wildman–Crippen MR) is 198 cm³/mol. The number of aromatic nitrogens is 1. The molecule has 4 heteroatoms. The first-order valence-corrected chi connectivity index (χ1v) is 16.5. The molecule has 0 fully saturated rings. The Bertz CT molecular complexity index is 2500. The Hall–Kier alpha value is -5.97. The number of thiophene rings is 1. The van der Waals surface area contributed by atoms with Gasteiger partial charge in [0.15, 0.2) is 5.58 Å². The first-order chi connectivity index (χ1) is 23.3. The zero-order valence-electron chi connectivity index (χ0n) is 25.4. The predicted octanol–water partition coefficient (Wildman–Crippen LogP) is 12.7. The Balaban J connectivity index is 1.13. The number of benzene rings is 7. The van der Waals surface area contributed by atoms with Gasteiger partial charge in [0.05, 0.1) is 0 Å². The van der Waals surface area contributed by atoms with Crippen LogP contribution in [0.4, 0.5) is 17.1 Å². The average Bonchev–Trinajstić information content (AvgIpc) is 3.75. The highest BCUT2D eigenvalue weighted by molar-refractivity contribution is 7.25. The summed E-state index contributed by atoms with van der Waals surface area (Å²) in [6.45, 7) is 0. The molecule has 0 amide bonds. The van der Waals surface area contributed by atoms with Crippen LogP contribution < -0.4 is 4.90 Å². The van der Waals surface area contributed by atoms with Crippen molar-refractivity contribution in [2.75, 3.05) is 4.90 Å². The first kappa shape index (κ1) is 27.3. The Morgan fingerprint density at radius 2 is 1.04 bits per heavy atom. The van der Waals surface area contributed by atoms with Crippen LogP contribution in [-0.4, -0.2) is 4.98 Å². The van der Waals surface area contributed by atoms with E-state index in [0.29, 0.717) is 5.89 Å². The van der Waals surface area contributed by atoms with E-state index < -0.39 is 0 Å². The van der Waals surface area contributed by atoms with E-state index in [4.69, 9.17) is 9.40 Å². The summed E-state index contributed by atoms with van der Waals surface area (Å²) in [6, 6.07) is 59.8. The summed E-state index contributed by atoms with van der Waals surface area (Å²) in [4.78, 5) is 7.26. The zero-order chi connectivity index (χ0) is 31.2. The van der Waals surface area contributed by atoms with Gasteiger partial charge in [-0.1, -0.05) is 109 Å². The van der Waals surface area contributed by atoms with Crippen LogP contribution >= 0.6 is 11.3 Å². The molecule has 0 saturated heterocycles. The van der Waals surface area contributed by atoms with Crippen LogP contribution in [0.2, 0.25) is 0 Å². The Labute approximate surface area is 276 Å². The van der Waals surface area contributed by atoms with Gasteiger partial charge in [-0.25, -0.2) is 4.98 Å². The molecule has 9 rings (SSSR count). The van der Waals surface area contributed by atoms with Gasteiger partial charge in [-0.05, 0) is 77.4 Å². The van der Waals surface area contributed by atoms with E-state index in [1.54, 1.807) is 0 Å². The van der Waals surface area contributed by atoms with Crippen molar-refractivity contribution in [1.82, 2.24) is 4.98 Å². The molecular weight excluding hydrogens is 593 g/mol. The molecule has 0 aliphatic carbocycles. The normalized spacial score (nSPS) is 11.4. The van der Waals surface area contributed by atoms with E-state index in [0.717, 1.165) is 44.9 Å². The lowest BCUT2D eigenvalue weighted by Gasteiger charge is -2.26. The molecule has 3 nitrogen and oxygen atoms in total. The molecule has 0 N–H and O–H groups in total. The molecule has 222 valence electrons. The van der Waals surface area contributed by atoms with Crippen molar-refractivity contribution in [2.24, 2.45) is 0 Å². The lowest BCUT2D eigenvalue weighted by atomic mass is 10.0. The molecule has 47 heavy (non-hydrogen) atoms. The van der Waals surface area contributed by atoms with Crippen LogP contribution in [0.1, 0.15) is 0 Å². The monoisotopic (exact) mass is 620 g/mol. The van der Waals surface area contributed by atoms with Gasteiger partial charge in [0, 0.05) is 48.4 Å². The molecule has 7 aromatic carbocycles. The summed E-state index contributed by atoms with van der Waals surface area (Å²) in [5.74, 6) is 0.631. The van der Waals surface area contributed by atoms with Gasteiger partial charge in [0.25, 0.3) is 0 Å². The van der Waals surface area contributed by atoms with Gasteiger partial charge < -0.3 is 9.32 Å². The molecule has 0 aliphatic heterocycles. The van der Waals surface area contributed by atoms with Gasteiger partial charge in [-0.15, -0.1) is 11.3 Å². The topological polar surface area (TPSA) is 29.3 Å². The van der Waals surface area contributed by atoms with Crippen molar-refractivity contribution in [2.45, 2.75) is 0 Å². The summed E-state index contributed by atoms with van der Waals surface area (Å²) in [6.07, 6.45) is 0. The van der Waals surface area contributed by atoms with Crippen molar-refractivity contribution in [1.29, 1.82) is 0 Å². The quantitative estimate of drug-likeness (QED) is 0.185. The minimum Gasteiger partial charge on any atom is -0.436 e. The fraction of sp³-hybridized carbons (Fsp3) is 0. The third-order valence-corrected chi connectivity index (χ3v) is 9.86. The molecule has 2 aromatic heterocycles. The number of oxazole rings is 1. The van der Waals surface area contributed by atoms with Crippen LogP contribution in [0.3, 0.4) is 0 Å². The SMILES string of the molecule is c1ccc(-c2ccc(N(c3ccc(-c4cccc5oc(-c6ccccc6)nc45)cc3)c3ccc4c(c3)sc3ccccc34)cc2)cc1. The summed E-state index contributed by atoms with van der Waals surface area (Å²) in [5, 5.41) is 2.60. The van der Waals surface area contributed by atoms with Crippen LogP contribution in [0.5, 0.6) is 0 Å². The van der Waals surface area contributed by atoms with E-state index >= 15 is 0 Å². The molecule has 0 atom stereocenters.